The number of hydrogen-bond acceptors (Lipinski definition) is 3. The van der Waals surface area contributed by atoms with Gasteiger partial charge in [0.25, 0.3) is 5.91 Å². The third-order valence-electron chi connectivity index (χ3n) is 3.25. The number of hydrogen-bond donors (Lipinski definition) is 2. The lowest BCUT2D eigenvalue weighted by Gasteiger charge is -2.15. The fourth-order valence-electron chi connectivity index (χ4n) is 1.98. The van der Waals surface area contributed by atoms with Crippen LogP contribution < -0.4 is 10.5 Å². The third kappa shape index (κ3) is 4.23. The van der Waals surface area contributed by atoms with E-state index in [4.69, 9.17) is 28.3 Å². The number of nitrogens with one attached hydrogen (secondary N) is 1. The van der Waals surface area contributed by atoms with Crippen molar-refractivity contribution in [2.75, 3.05) is 0 Å². The molecule has 8 heteroatoms. The highest BCUT2D eigenvalue weighted by Gasteiger charge is 2.16. The van der Waals surface area contributed by atoms with E-state index in [1.807, 2.05) is 0 Å². The highest BCUT2D eigenvalue weighted by Crippen LogP contribution is 2.26. The third-order valence-corrected chi connectivity index (χ3v) is 5.00. The average molecular weight is 373 g/mol. The maximum Gasteiger partial charge on any atom is 0.253 e. The molecule has 0 aromatic heterocycles. The first-order chi connectivity index (χ1) is 10.7. The van der Waals surface area contributed by atoms with Gasteiger partial charge < -0.3 is 5.32 Å². The summed E-state index contributed by atoms with van der Waals surface area (Å²) in [6, 6.07) is 10.4. The number of primary sulfonamides is 1. The molecule has 2 aromatic carbocycles. The molecule has 0 fully saturated rings. The van der Waals surface area contributed by atoms with Crippen molar-refractivity contribution >= 4 is 39.1 Å². The topological polar surface area (TPSA) is 89.3 Å². The van der Waals surface area contributed by atoms with Gasteiger partial charge in [0.2, 0.25) is 10.0 Å². The molecule has 0 aliphatic rings. The number of carbonyl (C=O) groups excluding carboxylic acids is 1. The Hall–Kier alpha value is -1.60. The van der Waals surface area contributed by atoms with Crippen molar-refractivity contribution in [2.45, 2.75) is 17.9 Å². The smallest absolute Gasteiger partial charge is 0.253 e. The zero-order valence-corrected chi connectivity index (χ0v) is 14.4. The molecule has 0 aliphatic carbocycles. The predicted octanol–water partition coefficient (Wildman–Crippen LogP) is 3.13. The van der Waals surface area contributed by atoms with Crippen molar-refractivity contribution < 1.29 is 13.2 Å². The van der Waals surface area contributed by atoms with E-state index in [2.05, 4.69) is 5.32 Å². The number of nitrogens with two attached hydrogens (primary N) is 1. The van der Waals surface area contributed by atoms with Gasteiger partial charge in [-0.1, -0.05) is 41.4 Å². The molecule has 0 aliphatic heterocycles. The molecular weight excluding hydrogens is 359 g/mol. The Morgan fingerprint density at radius 2 is 1.74 bits per heavy atom. The van der Waals surface area contributed by atoms with E-state index in [-0.39, 0.29) is 27.4 Å². The summed E-state index contributed by atoms with van der Waals surface area (Å²) in [5.74, 6) is -0.375. The lowest BCUT2D eigenvalue weighted by molar-refractivity contribution is 0.0940. The van der Waals surface area contributed by atoms with Crippen LogP contribution >= 0.6 is 23.2 Å². The van der Waals surface area contributed by atoms with Crippen LogP contribution in [0.15, 0.2) is 47.4 Å². The SMILES string of the molecule is CC(NC(=O)c1cccc(Cl)c1Cl)c1ccc(S(N)(=O)=O)cc1. The van der Waals surface area contributed by atoms with Gasteiger partial charge in [-0.05, 0) is 36.8 Å². The van der Waals surface area contributed by atoms with Crippen molar-refractivity contribution in [3.8, 4) is 0 Å². The van der Waals surface area contributed by atoms with Gasteiger partial charge in [-0.3, -0.25) is 4.79 Å². The standard InChI is InChI=1S/C15H14Cl2N2O3S/c1-9(10-5-7-11(8-6-10)23(18,21)22)19-15(20)12-3-2-4-13(16)14(12)17/h2-9H,1H3,(H,19,20)(H2,18,21,22). The van der Waals surface area contributed by atoms with Crippen LogP contribution in [-0.2, 0) is 10.0 Å². The fourth-order valence-corrected chi connectivity index (χ4v) is 2.88. The molecule has 3 N–H and O–H groups in total. The Kier molecular flexibility index (Phi) is 5.31. The van der Waals surface area contributed by atoms with Crippen LogP contribution in [0, 0.1) is 0 Å². The predicted molar refractivity (Wildman–Crippen MR) is 90.2 cm³/mol. The van der Waals surface area contributed by atoms with Gasteiger partial charge in [0.1, 0.15) is 0 Å². The van der Waals surface area contributed by atoms with Crippen LogP contribution in [0.25, 0.3) is 0 Å². The molecule has 0 heterocycles. The number of amides is 1. The number of rotatable bonds is 4. The van der Waals surface area contributed by atoms with Gasteiger partial charge in [0.05, 0.1) is 26.5 Å². The summed E-state index contributed by atoms with van der Waals surface area (Å²) >= 11 is 11.9. The number of sulfonamides is 1. The van der Waals surface area contributed by atoms with E-state index in [9.17, 15) is 13.2 Å². The second-order valence-corrected chi connectivity index (χ2v) is 7.26. The first kappa shape index (κ1) is 17.7. The molecule has 122 valence electrons. The minimum atomic E-state index is -3.74. The average Bonchev–Trinajstić information content (AvgIpc) is 2.49. The minimum absolute atomic E-state index is 0.0117. The molecule has 0 saturated heterocycles. The van der Waals surface area contributed by atoms with Crippen LogP contribution in [-0.4, -0.2) is 14.3 Å². The van der Waals surface area contributed by atoms with Crippen LogP contribution in [0.1, 0.15) is 28.9 Å². The Balaban J connectivity index is 2.17. The van der Waals surface area contributed by atoms with E-state index in [0.29, 0.717) is 5.02 Å². The van der Waals surface area contributed by atoms with Crippen molar-refractivity contribution in [2.24, 2.45) is 5.14 Å². The number of benzene rings is 2. The zero-order valence-electron chi connectivity index (χ0n) is 12.1. The second kappa shape index (κ2) is 6.88. The highest BCUT2D eigenvalue weighted by molar-refractivity contribution is 7.89. The molecule has 0 bridgehead atoms. The van der Waals surface area contributed by atoms with Gasteiger partial charge in [0.15, 0.2) is 0 Å². The van der Waals surface area contributed by atoms with Gasteiger partial charge in [-0.2, -0.15) is 0 Å². The minimum Gasteiger partial charge on any atom is -0.345 e. The molecule has 2 aromatic rings. The highest BCUT2D eigenvalue weighted by atomic mass is 35.5. The van der Waals surface area contributed by atoms with Crippen molar-refractivity contribution in [1.29, 1.82) is 0 Å². The summed E-state index contributed by atoms with van der Waals surface area (Å²) in [6.45, 7) is 1.77. The van der Waals surface area contributed by atoms with Crippen molar-refractivity contribution in [1.82, 2.24) is 5.32 Å². The number of halogens is 2. The van der Waals surface area contributed by atoms with E-state index in [0.717, 1.165) is 5.56 Å². The summed E-state index contributed by atoms with van der Waals surface area (Å²) < 4.78 is 22.5. The summed E-state index contributed by atoms with van der Waals surface area (Å²) in [5.41, 5.74) is 0.996. The summed E-state index contributed by atoms with van der Waals surface area (Å²) in [6.07, 6.45) is 0. The monoisotopic (exact) mass is 372 g/mol. The van der Waals surface area contributed by atoms with Crippen LogP contribution in [0.2, 0.25) is 10.0 Å². The van der Waals surface area contributed by atoms with Gasteiger partial charge in [-0.25, -0.2) is 13.6 Å². The second-order valence-electron chi connectivity index (χ2n) is 4.91. The van der Waals surface area contributed by atoms with E-state index in [1.54, 1.807) is 37.3 Å². The molecule has 1 amide bonds. The van der Waals surface area contributed by atoms with Crippen LogP contribution in [0.4, 0.5) is 0 Å². The Morgan fingerprint density at radius 1 is 1.13 bits per heavy atom. The first-order valence-corrected chi connectivity index (χ1v) is 8.88. The quantitative estimate of drug-likeness (QED) is 0.863. The normalized spacial score (nSPS) is 12.7. The summed E-state index contributed by atoms with van der Waals surface area (Å²) in [7, 11) is -3.74. The van der Waals surface area contributed by atoms with Gasteiger partial charge in [-0.15, -0.1) is 0 Å². The van der Waals surface area contributed by atoms with Gasteiger partial charge in [0, 0.05) is 0 Å². The molecule has 23 heavy (non-hydrogen) atoms. The molecule has 1 unspecified atom stereocenters. The van der Waals surface area contributed by atoms with Crippen molar-refractivity contribution in [3.63, 3.8) is 0 Å². The Morgan fingerprint density at radius 3 is 2.30 bits per heavy atom. The summed E-state index contributed by atoms with van der Waals surface area (Å²) in [5, 5.41) is 8.30. The van der Waals surface area contributed by atoms with Crippen LogP contribution in [0.3, 0.4) is 0 Å². The zero-order chi connectivity index (χ0) is 17.2. The molecule has 1 atom stereocenters. The molecule has 0 saturated carbocycles. The fraction of sp³-hybridized carbons (Fsp3) is 0.133. The van der Waals surface area contributed by atoms with Gasteiger partial charge >= 0.3 is 0 Å². The van der Waals surface area contributed by atoms with Crippen LogP contribution in [0.5, 0.6) is 0 Å². The van der Waals surface area contributed by atoms with E-state index < -0.39 is 10.0 Å². The Labute approximate surface area is 144 Å². The number of carbonyl (C=O) groups is 1. The molecular formula is C15H14Cl2N2O3S. The van der Waals surface area contributed by atoms with E-state index in [1.165, 1.54) is 12.1 Å². The Bertz CT molecular complexity index is 836. The van der Waals surface area contributed by atoms with Crippen molar-refractivity contribution in [3.05, 3.63) is 63.6 Å². The maximum absolute atomic E-state index is 12.3. The first-order valence-electron chi connectivity index (χ1n) is 6.58. The summed E-state index contributed by atoms with van der Waals surface area (Å²) in [4.78, 5) is 12.3. The molecule has 0 spiro atoms. The molecule has 0 radical (unpaired) electrons. The lowest BCUT2D eigenvalue weighted by atomic mass is 10.1. The van der Waals surface area contributed by atoms with E-state index >= 15 is 0 Å². The lowest BCUT2D eigenvalue weighted by Crippen LogP contribution is -2.27. The molecule has 5 nitrogen and oxygen atoms in total. The molecule has 2 rings (SSSR count). The largest absolute Gasteiger partial charge is 0.345 e. The maximum atomic E-state index is 12.3.